The van der Waals surface area contributed by atoms with Crippen molar-refractivity contribution in [1.82, 2.24) is 4.90 Å². The van der Waals surface area contributed by atoms with Gasteiger partial charge in [-0.05, 0) is 26.3 Å². The predicted molar refractivity (Wildman–Crippen MR) is 81.0 cm³/mol. The van der Waals surface area contributed by atoms with Crippen LogP contribution in [0, 0.1) is 0 Å². The number of rotatable bonds is 5. The molecular formula is C16H21NO5. The summed E-state index contributed by atoms with van der Waals surface area (Å²) in [5, 5.41) is 9.35. The van der Waals surface area contributed by atoms with Crippen molar-refractivity contribution in [3.63, 3.8) is 0 Å². The van der Waals surface area contributed by atoms with Gasteiger partial charge in [0.2, 0.25) is 0 Å². The fourth-order valence-corrected chi connectivity index (χ4v) is 1.81. The Morgan fingerprint density at radius 1 is 1.27 bits per heavy atom. The number of carboxylic acids is 1. The first-order valence-electron chi connectivity index (χ1n) is 6.87. The van der Waals surface area contributed by atoms with Gasteiger partial charge in [0.25, 0.3) is 0 Å². The topological polar surface area (TPSA) is 83.9 Å². The monoisotopic (exact) mass is 307 g/mol. The molecule has 0 spiro atoms. The zero-order chi connectivity index (χ0) is 16.9. The van der Waals surface area contributed by atoms with E-state index < -0.39 is 23.7 Å². The van der Waals surface area contributed by atoms with Gasteiger partial charge in [0.05, 0.1) is 0 Å². The Morgan fingerprint density at radius 2 is 1.82 bits per heavy atom. The molecule has 0 aromatic heterocycles. The maximum Gasteiger partial charge on any atom is 0.410 e. The Hall–Kier alpha value is -2.37. The first kappa shape index (κ1) is 17.7. The number of carboxylic acid groups (broad SMARTS) is 1. The molecule has 1 rings (SSSR count). The molecule has 0 aliphatic carbocycles. The highest BCUT2D eigenvalue weighted by atomic mass is 16.6. The Kier molecular flexibility index (Phi) is 5.68. The van der Waals surface area contributed by atoms with Gasteiger partial charge in [-0.2, -0.15) is 0 Å². The van der Waals surface area contributed by atoms with Crippen LogP contribution in [0.15, 0.2) is 24.3 Å². The quantitative estimate of drug-likeness (QED) is 0.844. The van der Waals surface area contributed by atoms with Crippen LogP contribution in [-0.4, -0.2) is 47.0 Å². The molecule has 0 aliphatic heterocycles. The summed E-state index contributed by atoms with van der Waals surface area (Å²) >= 11 is 0. The van der Waals surface area contributed by atoms with Crippen LogP contribution in [0.3, 0.4) is 0 Å². The van der Waals surface area contributed by atoms with Gasteiger partial charge < -0.3 is 9.84 Å². The zero-order valence-electron chi connectivity index (χ0n) is 13.2. The summed E-state index contributed by atoms with van der Waals surface area (Å²) in [4.78, 5) is 35.1. The van der Waals surface area contributed by atoms with E-state index in [2.05, 4.69) is 0 Å². The number of likely N-dealkylation sites (N-methyl/N-ethyl adjacent to an activating group) is 1. The third-order valence-corrected chi connectivity index (χ3v) is 2.98. The smallest absolute Gasteiger partial charge is 0.410 e. The van der Waals surface area contributed by atoms with Crippen LogP contribution in [0.4, 0.5) is 4.79 Å². The van der Waals surface area contributed by atoms with E-state index in [1.165, 1.54) is 7.05 Å². The van der Waals surface area contributed by atoms with Crippen molar-refractivity contribution in [2.24, 2.45) is 0 Å². The number of hydrogen-bond acceptors (Lipinski definition) is 4. The molecule has 1 aromatic rings. The Bertz CT molecular complexity index is 545. The van der Waals surface area contributed by atoms with Gasteiger partial charge in [-0.25, -0.2) is 9.59 Å². The van der Waals surface area contributed by atoms with E-state index in [4.69, 9.17) is 4.74 Å². The average Bonchev–Trinajstić information content (AvgIpc) is 2.42. The van der Waals surface area contributed by atoms with E-state index in [-0.39, 0.29) is 6.42 Å². The molecular weight excluding hydrogens is 286 g/mol. The van der Waals surface area contributed by atoms with Gasteiger partial charge in [-0.15, -0.1) is 0 Å². The zero-order valence-corrected chi connectivity index (χ0v) is 13.2. The largest absolute Gasteiger partial charge is 0.480 e. The van der Waals surface area contributed by atoms with Crippen LogP contribution < -0.4 is 0 Å². The van der Waals surface area contributed by atoms with E-state index in [1.807, 2.05) is 0 Å². The normalized spacial score (nSPS) is 12.4. The average molecular weight is 307 g/mol. The van der Waals surface area contributed by atoms with E-state index in [0.29, 0.717) is 17.4 Å². The maximum atomic E-state index is 12.0. The molecule has 0 heterocycles. The third kappa shape index (κ3) is 5.20. The lowest BCUT2D eigenvalue weighted by Crippen LogP contribution is -2.46. The van der Waals surface area contributed by atoms with Gasteiger partial charge in [0, 0.05) is 19.0 Å². The molecule has 6 heteroatoms. The standard InChI is InChI=1S/C16H21NO5/c1-16(2,3)22-15(21)17(4)13(14(19)20)9-11-5-7-12(10-18)8-6-11/h5-8,10,13H,9H2,1-4H3,(H,19,20)/t13-/m0/s1. The molecule has 22 heavy (non-hydrogen) atoms. The van der Waals surface area contributed by atoms with Crippen LogP contribution in [-0.2, 0) is 16.0 Å². The Morgan fingerprint density at radius 3 is 2.23 bits per heavy atom. The van der Waals surface area contributed by atoms with Crippen molar-refractivity contribution in [3.05, 3.63) is 35.4 Å². The van der Waals surface area contributed by atoms with E-state index >= 15 is 0 Å². The lowest BCUT2D eigenvalue weighted by atomic mass is 10.0. The molecule has 0 bridgehead atoms. The SMILES string of the molecule is CN(C(=O)OC(C)(C)C)[C@@H](Cc1ccc(C=O)cc1)C(=O)O. The molecule has 0 saturated carbocycles. The van der Waals surface area contributed by atoms with Crippen molar-refractivity contribution < 1.29 is 24.2 Å². The molecule has 0 saturated heterocycles. The summed E-state index contributed by atoms with van der Waals surface area (Å²) in [7, 11) is 1.40. The number of aliphatic carboxylic acids is 1. The Balaban J connectivity index is 2.86. The summed E-state index contributed by atoms with van der Waals surface area (Å²) < 4.78 is 5.18. The van der Waals surface area contributed by atoms with E-state index in [0.717, 1.165) is 4.90 Å². The van der Waals surface area contributed by atoms with E-state index in [1.54, 1.807) is 45.0 Å². The first-order valence-corrected chi connectivity index (χ1v) is 6.87. The number of amides is 1. The number of nitrogens with zero attached hydrogens (tertiary/aromatic N) is 1. The van der Waals surface area contributed by atoms with Gasteiger partial charge >= 0.3 is 12.1 Å². The lowest BCUT2D eigenvalue weighted by Gasteiger charge is -2.28. The fraction of sp³-hybridized carbons (Fsp3) is 0.438. The van der Waals surface area contributed by atoms with Gasteiger partial charge in [0.1, 0.15) is 17.9 Å². The minimum absolute atomic E-state index is 0.129. The molecule has 120 valence electrons. The lowest BCUT2D eigenvalue weighted by molar-refractivity contribution is -0.142. The third-order valence-electron chi connectivity index (χ3n) is 2.98. The molecule has 1 atom stereocenters. The number of benzene rings is 1. The molecule has 0 unspecified atom stereocenters. The van der Waals surface area contributed by atoms with Crippen LogP contribution in [0.2, 0.25) is 0 Å². The number of carbonyl (C=O) groups is 3. The van der Waals surface area contributed by atoms with Gasteiger partial charge in [-0.3, -0.25) is 9.69 Å². The minimum atomic E-state index is -1.12. The molecule has 0 fully saturated rings. The summed E-state index contributed by atoms with van der Waals surface area (Å²) in [6.07, 6.45) is 0.152. The molecule has 0 aliphatic rings. The summed E-state index contributed by atoms with van der Waals surface area (Å²) in [5.74, 6) is -1.12. The minimum Gasteiger partial charge on any atom is -0.480 e. The molecule has 1 N–H and O–H groups in total. The van der Waals surface area contributed by atoms with Crippen molar-refractivity contribution in [1.29, 1.82) is 0 Å². The number of ether oxygens (including phenoxy) is 1. The molecule has 0 radical (unpaired) electrons. The predicted octanol–water partition coefficient (Wildman–Crippen LogP) is 2.36. The van der Waals surface area contributed by atoms with Gasteiger partial charge in [-0.1, -0.05) is 24.3 Å². The van der Waals surface area contributed by atoms with Gasteiger partial charge in [0.15, 0.2) is 0 Å². The van der Waals surface area contributed by atoms with Crippen molar-refractivity contribution >= 4 is 18.3 Å². The number of aldehydes is 1. The number of hydrogen-bond donors (Lipinski definition) is 1. The van der Waals surface area contributed by atoms with Crippen LogP contribution >= 0.6 is 0 Å². The van der Waals surface area contributed by atoms with Crippen molar-refractivity contribution in [3.8, 4) is 0 Å². The maximum absolute atomic E-state index is 12.0. The molecule has 1 amide bonds. The highest BCUT2D eigenvalue weighted by Crippen LogP contribution is 2.14. The van der Waals surface area contributed by atoms with Crippen molar-refractivity contribution in [2.45, 2.75) is 38.8 Å². The molecule has 6 nitrogen and oxygen atoms in total. The van der Waals surface area contributed by atoms with Crippen molar-refractivity contribution in [2.75, 3.05) is 7.05 Å². The second-order valence-corrected chi connectivity index (χ2v) is 6.01. The fourth-order valence-electron chi connectivity index (χ4n) is 1.81. The second-order valence-electron chi connectivity index (χ2n) is 6.01. The highest BCUT2D eigenvalue weighted by molar-refractivity contribution is 5.80. The summed E-state index contributed by atoms with van der Waals surface area (Å²) in [5.41, 5.74) is 0.532. The van der Waals surface area contributed by atoms with E-state index in [9.17, 15) is 19.5 Å². The summed E-state index contributed by atoms with van der Waals surface area (Å²) in [6, 6.07) is 5.51. The number of carbonyl (C=O) groups excluding carboxylic acids is 2. The summed E-state index contributed by atoms with van der Waals surface area (Å²) in [6.45, 7) is 5.14. The van der Waals surface area contributed by atoms with Crippen LogP contribution in [0.25, 0.3) is 0 Å². The van der Waals surface area contributed by atoms with Crippen LogP contribution in [0.5, 0.6) is 0 Å². The Labute approximate surface area is 129 Å². The van der Waals surface area contributed by atoms with Crippen LogP contribution in [0.1, 0.15) is 36.7 Å². The first-order chi connectivity index (χ1) is 10.1. The highest BCUT2D eigenvalue weighted by Gasteiger charge is 2.30. The molecule has 1 aromatic carbocycles. The second kappa shape index (κ2) is 7.06.